The monoisotopic (exact) mass is 275 g/mol. The van der Waals surface area contributed by atoms with Crippen molar-refractivity contribution in [2.24, 2.45) is 5.73 Å². The first-order valence-electron chi connectivity index (χ1n) is 6.84. The quantitative estimate of drug-likeness (QED) is 0.823. The Balaban J connectivity index is 2.14. The van der Waals surface area contributed by atoms with Crippen LogP contribution in [0.4, 0.5) is 0 Å². The molecule has 2 rings (SSSR count). The largest absolute Gasteiger partial charge is 0.368 e. The highest BCUT2D eigenvalue weighted by Crippen LogP contribution is 2.14. The van der Waals surface area contributed by atoms with Gasteiger partial charge in [0.1, 0.15) is 6.04 Å². The number of carbonyl (C=O) groups excluding carboxylic acids is 2. The van der Waals surface area contributed by atoms with Crippen molar-refractivity contribution in [2.45, 2.75) is 26.3 Å². The third-order valence-electron chi connectivity index (χ3n) is 3.74. The molecule has 1 aliphatic heterocycles. The first-order valence-corrected chi connectivity index (χ1v) is 6.84. The smallest absolute Gasteiger partial charge is 0.241 e. The number of piperazine rings is 1. The molecule has 0 aliphatic carbocycles. The zero-order valence-electron chi connectivity index (χ0n) is 12.0. The standard InChI is InChI=1S/C15H21N3O2/c1-10-3-4-11(2)12(7-10)8-14(19)18-6-5-17-9-13(18)15(16)20/h3-4,7,13,17H,5-6,8-9H2,1-2H3,(H2,16,20). The van der Waals surface area contributed by atoms with Gasteiger partial charge in [-0.15, -0.1) is 0 Å². The minimum Gasteiger partial charge on any atom is -0.368 e. The maximum absolute atomic E-state index is 12.4. The van der Waals surface area contributed by atoms with Crippen LogP contribution in [0.25, 0.3) is 0 Å². The summed E-state index contributed by atoms with van der Waals surface area (Å²) < 4.78 is 0. The fraction of sp³-hybridized carbons (Fsp3) is 0.467. The second kappa shape index (κ2) is 6.05. The molecule has 1 aliphatic rings. The van der Waals surface area contributed by atoms with Crippen LogP contribution >= 0.6 is 0 Å². The van der Waals surface area contributed by atoms with Crippen molar-refractivity contribution in [1.29, 1.82) is 0 Å². The first kappa shape index (κ1) is 14.5. The molecule has 5 nitrogen and oxygen atoms in total. The Morgan fingerprint density at radius 3 is 2.85 bits per heavy atom. The maximum Gasteiger partial charge on any atom is 0.241 e. The van der Waals surface area contributed by atoms with Crippen molar-refractivity contribution in [2.75, 3.05) is 19.6 Å². The van der Waals surface area contributed by atoms with E-state index in [-0.39, 0.29) is 5.91 Å². The van der Waals surface area contributed by atoms with E-state index >= 15 is 0 Å². The molecule has 1 aromatic rings. The predicted octanol–water partition coefficient (Wildman–Crippen LogP) is 0.132. The predicted molar refractivity (Wildman–Crippen MR) is 77.2 cm³/mol. The summed E-state index contributed by atoms with van der Waals surface area (Å²) in [4.78, 5) is 25.5. The Labute approximate surface area is 119 Å². The SMILES string of the molecule is Cc1ccc(C)c(CC(=O)N2CCNCC2C(N)=O)c1. The average molecular weight is 275 g/mol. The molecule has 20 heavy (non-hydrogen) atoms. The summed E-state index contributed by atoms with van der Waals surface area (Å²) in [6.07, 6.45) is 0.317. The molecule has 1 atom stereocenters. The van der Waals surface area contributed by atoms with E-state index in [1.54, 1.807) is 4.90 Å². The van der Waals surface area contributed by atoms with Crippen LogP contribution in [0.5, 0.6) is 0 Å². The van der Waals surface area contributed by atoms with Gasteiger partial charge < -0.3 is 16.0 Å². The number of aryl methyl sites for hydroxylation is 2. The van der Waals surface area contributed by atoms with Crippen molar-refractivity contribution in [3.8, 4) is 0 Å². The lowest BCUT2D eigenvalue weighted by atomic mass is 10.0. The Hall–Kier alpha value is -1.88. The molecular weight excluding hydrogens is 254 g/mol. The molecule has 108 valence electrons. The van der Waals surface area contributed by atoms with Crippen LogP contribution in [0.3, 0.4) is 0 Å². The molecule has 0 saturated carbocycles. The van der Waals surface area contributed by atoms with Crippen LogP contribution in [-0.2, 0) is 16.0 Å². The molecular formula is C15H21N3O2. The van der Waals surface area contributed by atoms with Crippen LogP contribution < -0.4 is 11.1 Å². The third-order valence-corrected chi connectivity index (χ3v) is 3.74. The van der Waals surface area contributed by atoms with Gasteiger partial charge in [-0.25, -0.2) is 0 Å². The fourth-order valence-corrected chi connectivity index (χ4v) is 2.51. The normalized spacial score (nSPS) is 18.9. The van der Waals surface area contributed by atoms with E-state index in [0.29, 0.717) is 26.1 Å². The van der Waals surface area contributed by atoms with Crippen molar-refractivity contribution in [3.63, 3.8) is 0 Å². The summed E-state index contributed by atoms with van der Waals surface area (Å²) in [6, 6.07) is 5.53. The number of hydrogen-bond donors (Lipinski definition) is 2. The molecule has 5 heteroatoms. The van der Waals surface area contributed by atoms with Crippen LogP contribution in [-0.4, -0.2) is 42.4 Å². The molecule has 2 amide bonds. The zero-order chi connectivity index (χ0) is 14.7. The lowest BCUT2D eigenvalue weighted by Crippen LogP contribution is -2.59. The van der Waals surface area contributed by atoms with E-state index in [1.165, 1.54) is 0 Å². The van der Waals surface area contributed by atoms with Gasteiger partial charge in [0.25, 0.3) is 0 Å². The number of primary amides is 1. The Kier molecular flexibility index (Phi) is 4.39. The first-order chi connectivity index (χ1) is 9.49. The Morgan fingerprint density at radius 2 is 2.15 bits per heavy atom. The van der Waals surface area contributed by atoms with Crippen molar-refractivity contribution in [3.05, 3.63) is 34.9 Å². The highest BCUT2D eigenvalue weighted by Gasteiger charge is 2.30. The molecule has 1 fully saturated rings. The second-order valence-electron chi connectivity index (χ2n) is 5.32. The van der Waals surface area contributed by atoms with E-state index in [4.69, 9.17) is 5.73 Å². The highest BCUT2D eigenvalue weighted by molar-refractivity contribution is 5.88. The molecule has 1 aromatic carbocycles. The molecule has 0 aromatic heterocycles. The lowest BCUT2D eigenvalue weighted by molar-refractivity contribution is -0.139. The molecule has 1 saturated heterocycles. The third kappa shape index (κ3) is 3.17. The van der Waals surface area contributed by atoms with Crippen LogP contribution in [0.15, 0.2) is 18.2 Å². The molecule has 0 spiro atoms. The summed E-state index contributed by atoms with van der Waals surface area (Å²) in [5.41, 5.74) is 8.60. The van der Waals surface area contributed by atoms with Gasteiger partial charge in [0.2, 0.25) is 11.8 Å². The van der Waals surface area contributed by atoms with Gasteiger partial charge >= 0.3 is 0 Å². The van der Waals surface area contributed by atoms with E-state index in [2.05, 4.69) is 5.32 Å². The lowest BCUT2D eigenvalue weighted by Gasteiger charge is -2.34. The molecule has 0 radical (unpaired) electrons. The van der Waals surface area contributed by atoms with Gasteiger partial charge in [0.15, 0.2) is 0 Å². The number of nitrogens with two attached hydrogens (primary N) is 1. The van der Waals surface area contributed by atoms with E-state index in [9.17, 15) is 9.59 Å². The summed E-state index contributed by atoms with van der Waals surface area (Å²) >= 11 is 0. The summed E-state index contributed by atoms with van der Waals surface area (Å²) in [6.45, 7) is 5.66. The van der Waals surface area contributed by atoms with E-state index < -0.39 is 11.9 Å². The van der Waals surface area contributed by atoms with Crippen molar-refractivity contribution < 1.29 is 9.59 Å². The molecule has 1 heterocycles. The van der Waals surface area contributed by atoms with Crippen LogP contribution in [0, 0.1) is 13.8 Å². The second-order valence-corrected chi connectivity index (χ2v) is 5.32. The average Bonchev–Trinajstić information content (AvgIpc) is 2.42. The molecule has 0 bridgehead atoms. The van der Waals surface area contributed by atoms with Crippen LogP contribution in [0.2, 0.25) is 0 Å². The number of carbonyl (C=O) groups is 2. The number of amides is 2. The van der Waals surface area contributed by atoms with Gasteiger partial charge in [-0.1, -0.05) is 23.8 Å². The van der Waals surface area contributed by atoms with Gasteiger partial charge in [-0.2, -0.15) is 0 Å². The fourth-order valence-electron chi connectivity index (χ4n) is 2.51. The van der Waals surface area contributed by atoms with E-state index in [1.807, 2.05) is 32.0 Å². The van der Waals surface area contributed by atoms with Crippen LogP contribution in [0.1, 0.15) is 16.7 Å². The maximum atomic E-state index is 12.4. The number of hydrogen-bond acceptors (Lipinski definition) is 3. The topological polar surface area (TPSA) is 75.4 Å². The van der Waals surface area contributed by atoms with Gasteiger partial charge in [-0.05, 0) is 25.0 Å². The van der Waals surface area contributed by atoms with E-state index in [0.717, 1.165) is 16.7 Å². The summed E-state index contributed by atoms with van der Waals surface area (Å²) in [5, 5.41) is 3.09. The molecule has 1 unspecified atom stereocenters. The van der Waals surface area contributed by atoms with Gasteiger partial charge in [0.05, 0.1) is 6.42 Å². The van der Waals surface area contributed by atoms with Gasteiger partial charge in [-0.3, -0.25) is 9.59 Å². The molecule has 3 N–H and O–H groups in total. The number of nitrogens with one attached hydrogen (secondary N) is 1. The number of nitrogens with zero attached hydrogens (tertiary/aromatic N) is 1. The Bertz CT molecular complexity index is 528. The summed E-state index contributed by atoms with van der Waals surface area (Å²) in [5.74, 6) is -0.490. The highest BCUT2D eigenvalue weighted by atomic mass is 16.2. The van der Waals surface area contributed by atoms with Crippen molar-refractivity contribution in [1.82, 2.24) is 10.2 Å². The Morgan fingerprint density at radius 1 is 1.40 bits per heavy atom. The van der Waals surface area contributed by atoms with Gasteiger partial charge in [0, 0.05) is 19.6 Å². The minimum atomic E-state index is -0.540. The number of benzene rings is 1. The zero-order valence-corrected chi connectivity index (χ0v) is 12.0. The minimum absolute atomic E-state index is 0.0380. The summed E-state index contributed by atoms with van der Waals surface area (Å²) in [7, 11) is 0. The van der Waals surface area contributed by atoms with Crippen molar-refractivity contribution >= 4 is 11.8 Å². The number of rotatable bonds is 3.